The zero-order valence-electron chi connectivity index (χ0n) is 15.5. The van der Waals surface area contributed by atoms with Crippen molar-refractivity contribution >= 4 is 5.91 Å². The van der Waals surface area contributed by atoms with Gasteiger partial charge in [-0.1, -0.05) is 6.42 Å². The lowest BCUT2D eigenvalue weighted by molar-refractivity contribution is 0.0716. The minimum absolute atomic E-state index is 0.0856. The molecule has 0 spiro atoms. The lowest BCUT2D eigenvalue weighted by Crippen LogP contribution is -2.37. The van der Waals surface area contributed by atoms with Crippen molar-refractivity contribution in [3.05, 3.63) is 53.0 Å². The van der Waals surface area contributed by atoms with E-state index < -0.39 is 0 Å². The van der Waals surface area contributed by atoms with Crippen LogP contribution in [-0.4, -0.2) is 42.3 Å². The van der Waals surface area contributed by atoms with Crippen molar-refractivity contribution in [3.63, 3.8) is 0 Å². The zero-order chi connectivity index (χ0) is 19.1. The molecule has 0 saturated heterocycles. The molecule has 1 N–H and O–H groups in total. The SMILES string of the molecule is O=C(c1nnc2n1CCCCC2)N1CCc2[nH]nc(-c3ccc(F)cc3)c2C1. The first-order valence-corrected chi connectivity index (χ1v) is 9.74. The highest BCUT2D eigenvalue weighted by molar-refractivity contribution is 5.91. The van der Waals surface area contributed by atoms with Crippen molar-refractivity contribution < 1.29 is 9.18 Å². The molecule has 2 aromatic heterocycles. The summed E-state index contributed by atoms with van der Waals surface area (Å²) < 4.78 is 15.3. The maximum atomic E-state index is 13.3. The number of carbonyl (C=O) groups excluding carboxylic acids is 1. The number of hydrogen-bond acceptors (Lipinski definition) is 4. The Kier molecular flexibility index (Phi) is 4.18. The molecule has 0 radical (unpaired) electrons. The van der Waals surface area contributed by atoms with Crippen LogP contribution in [-0.2, 0) is 25.9 Å². The molecule has 28 heavy (non-hydrogen) atoms. The van der Waals surface area contributed by atoms with Crippen molar-refractivity contribution in [2.45, 2.75) is 45.2 Å². The van der Waals surface area contributed by atoms with E-state index in [0.29, 0.717) is 25.3 Å². The van der Waals surface area contributed by atoms with Crippen LogP contribution in [0.5, 0.6) is 0 Å². The van der Waals surface area contributed by atoms with E-state index in [-0.39, 0.29) is 11.7 Å². The van der Waals surface area contributed by atoms with Gasteiger partial charge in [-0.2, -0.15) is 5.10 Å². The first-order valence-electron chi connectivity index (χ1n) is 9.74. The van der Waals surface area contributed by atoms with Crippen LogP contribution in [0.25, 0.3) is 11.3 Å². The summed E-state index contributed by atoms with van der Waals surface area (Å²) in [6, 6.07) is 6.27. The quantitative estimate of drug-likeness (QED) is 0.741. The maximum Gasteiger partial charge on any atom is 0.292 e. The number of H-pyrrole nitrogens is 1. The molecule has 144 valence electrons. The summed E-state index contributed by atoms with van der Waals surface area (Å²) in [4.78, 5) is 15.0. The molecule has 0 bridgehead atoms. The van der Waals surface area contributed by atoms with Crippen LogP contribution in [0.2, 0.25) is 0 Å². The third-order valence-corrected chi connectivity index (χ3v) is 5.64. The summed E-state index contributed by atoms with van der Waals surface area (Å²) >= 11 is 0. The van der Waals surface area contributed by atoms with Crippen molar-refractivity contribution in [1.82, 2.24) is 29.9 Å². The highest BCUT2D eigenvalue weighted by atomic mass is 19.1. The fourth-order valence-corrected chi connectivity index (χ4v) is 4.10. The van der Waals surface area contributed by atoms with Crippen LogP contribution in [0.15, 0.2) is 24.3 Å². The Morgan fingerprint density at radius 3 is 2.75 bits per heavy atom. The molecule has 1 amide bonds. The van der Waals surface area contributed by atoms with Crippen molar-refractivity contribution in [3.8, 4) is 11.3 Å². The van der Waals surface area contributed by atoms with Gasteiger partial charge in [0, 0.05) is 42.8 Å². The second-order valence-corrected chi connectivity index (χ2v) is 7.42. The molecule has 7 nitrogen and oxygen atoms in total. The number of carbonyl (C=O) groups is 1. The molecule has 2 aliphatic heterocycles. The first-order chi connectivity index (χ1) is 13.7. The van der Waals surface area contributed by atoms with Gasteiger partial charge >= 0.3 is 0 Å². The Labute approximate surface area is 161 Å². The molecule has 5 rings (SSSR count). The number of fused-ring (bicyclic) bond motifs is 2. The standard InChI is InChI=1S/C20H21FN6O/c21-14-7-5-13(6-8-14)18-15-12-26(11-9-16(15)22-24-18)20(28)19-25-23-17-4-2-1-3-10-27(17)19/h5-8H,1-4,9-12H2,(H,22,24). The van der Waals surface area contributed by atoms with Crippen LogP contribution in [0.4, 0.5) is 4.39 Å². The van der Waals surface area contributed by atoms with Crippen LogP contribution >= 0.6 is 0 Å². The molecule has 0 saturated carbocycles. The van der Waals surface area contributed by atoms with Crippen LogP contribution < -0.4 is 0 Å². The van der Waals surface area contributed by atoms with Gasteiger partial charge < -0.3 is 9.47 Å². The van der Waals surface area contributed by atoms with E-state index >= 15 is 0 Å². The minimum atomic E-state index is -0.280. The number of nitrogens with zero attached hydrogens (tertiary/aromatic N) is 5. The van der Waals surface area contributed by atoms with Gasteiger partial charge in [0.25, 0.3) is 5.91 Å². The summed E-state index contributed by atoms with van der Waals surface area (Å²) in [6.45, 7) is 1.87. The average molecular weight is 380 g/mol. The average Bonchev–Trinajstić information content (AvgIpc) is 3.25. The molecular formula is C20H21FN6O. The van der Waals surface area contributed by atoms with Gasteiger partial charge in [0.1, 0.15) is 11.6 Å². The third-order valence-electron chi connectivity index (χ3n) is 5.64. The number of hydrogen-bond donors (Lipinski definition) is 1. The number of nitrogens with one attached hydrogen (secondary N) is 1. The molecule has 0 atom stereocenters. The molecule has 0 fully saturated rings. The molecule has 2 aliphatic rings. The molecule has 8 heteroatoms. The number of aryl methyl sites for hydroxylation is 1. The monoisotopic (exact) mass is 380 g/mol. The number of amides is 1. The fourth-order valence-electron chi connectivity index (χ4n) is 4.10. The van der Waals surface area contributed by atoms with E-state index in [4.69, 9.17) is 0 Å². The first kappa shape index (κ1) is 17.1. The van der Waals surface area contributed by atoms with Crippen molar-refractivity contribution in [2.75, 3.05) is 6.54 Å². The predicted molar refractivity (Wildman–Crippen MR) is 100 cm³/mol. The van der Waals surface area contributed by atoms with Gasteiger partial charge in [0.05, 0.1) is 12.2 Å². The lowest BCUT2D eigenvalue weighted by Gasteiger charge is -2.27. The summed E-state index contributed by atoms with van der Waals surface area (Å²) in [5.74, 6) is 0.982. The van der Waals surface area contributed by atoms with Gasteiger partial charge in [-0.25, -0.2) is 4.39 Å². The fraction of sp³-hybridized carbons (Fsp3) is 0.400. The Bertz CT molecular complexity index is 1020. The summed E-state index contributed by atoms with van der Waals surface area (Å²) in [5, 5.41) is 16.0. The number of rotatable bonds is 2. The van der Waals surface area contributed by atoms with Crippen LogP contribution in [0.1, 0.15) is 47.0 Å². The minimum Gasteiger partial charge on any atom is -0.331 e. The van der Waals surface area contributed by atoms with Crippen molar-refractivity contribution in [2.24, 2.45) is 0 Å². The summed E-state index contributed by atoms with van der Waals surface area (Å²) in [7, 11) is 0. The Morgan fingerprint density at radius 2 is 1.89 bits per heavy atom. The Hall–Kier alpha value is -3.03. The second kappa shape index (κ2) is 6.85. The maximum absolute atomic E-state index is 13.3. The van der Waals surface area contributed by atoms with Crippen LogP contribution in [0.3, 0.4) is 0 Å². The molecule has 0 unspecified atom stereocenters. The third kappa shape index (κ3) is 2.89. The molecule has 4 heterocycles. The smallest absolute Gasteiger partial charge is 0.292 e. The van der Waals surface area contributed by atoms with E-state index in [1.54, 1.807) is 12.1 Å². The van der Waals surface area contributed by atoms with Gasteiger partial charge in [0.15, 0.2) is 0 Å². The van der Waals surface area contributed by atoms with E-state index in [9.17, 15) is 9.18 Å². The molecular weight excluding hydrogens is 359 g/mol. The Balaban J connectivity index is 1.43. The summed E-state index contributed by atoms with van der Waals surface area (Å²) in [6.07, 6.45) is 4.87. The molecule has 3 aromatic rings. The normalized spacial score (nSPS) is 16.4. The number of halogens is 1. The number of aromatic nitrogens is 5. The van der Waals surface area contributed by atoms with Gasteiger partial charge in [-0.15, -0.1) is 10.2 Å². The number of benzene rings is 1. The van der Waals surface area contributed by atoms with Crippen LogP contribution in [0, 0.1) is 5.82 Å². The highest BCUT2D eigenvalue weighted by Crippen LogP contribution is 2.29. The van der Waals surface area contributed by atoms with E-state index in [0.717, 1.165) is 60.6 Å². The summed E-state index contributed by atoms with van der Waals surface area (Å²) in [5.41, 5.74) is 3.63. The highest BCUT2D eigenvalue weighted by Gasteiger charge is 2.30. The zero-order valence-corrected chi connectivity index (χ0v) is 15.5. The lowest BCUT2D eigenvalue weighted by atomic mass is 10.0. The molecule has 0 aliphatic carbocycles. The van der Waals surface area contributed by atoms with Gasteiger partial charge in [0.2, 0.25) is 5.82 Å². The van der Waals surface area contributed by atoms with Gasteiger partial charge in [-0.05, 0) is 37.1 Å². The second-order valence-electron chi connectivity index (χ2n) is 7.42. The van der Waals surface area contributed by atoms with E-state index in [2.05, 4.69) is 20.4 Å². The Morgan fingerprint density at radius 1 is 1.04 bits per heavy atom. The molecule has 1 aromatic carbocycles. The van der Waals surface area contributed by atoms with Gasteiger partial charge in [-0.3, -0.25) is 9.89 Å². The largest absolute Gasteiger partial charge is 0.331 e. The van der Waals surface area contributed by atoms with E-state index in [1.807, 2.05) is 9.47 Å². The predicted octanol–water partition coefficient (Wildman–Crippen LogP) is 2.73. The topological polar surface area (TPSA) is 79.7 Å². The number of aromatic amines is 1. The van der Waals surface area contributed by atoms with E-state index in [1.165, 1.54) is 12.1 Å². The van der Waals surface area contributed by atoms with Crippen molar-refractivity contribution in [1.29, 1.82) is 0 Å².